The van der Waals surface area contributed by atoms with Gasteiger partial charge in [0.15, 0.2) is 5.84 Å². The standard InChI is InChI=1S/C25H26N4O3S/c1-15(2)24-28-29-22(26)21(23(30)27-25(29)33-24)14-18-6-5-7-19(13-18)31-8-9-32-20-11-16(3)10-17(4)12-20/h5-7,10-15,26H,8-9H2,1-4H3/b21-14-,26-22?. The highest BCUT2D eigenvalue weighted by Gasteiger charge is 2.36. The van der Waals surface area contributed by atoms with Gasteiger partial charge in [0, 0.05) is 5.92 Å². The van der Waals surface area contributed by atoms with Crippen molar-refractivity contribution in [1.29, 1.82) is 5.41 Å². The molecule has 0 saturated carbocycles. The average molecular weight is 463 g/mol. The second-order valence-corrected chi connectivity index (χ2v) is 9.19. The van der Waals surface area contributed by atoms with Crippen molar-refractivity contribution in [2.45, 2.75) is 27.7 Å². The van der Waals surface area contributed by atoms with E-state index in [0.717, 1.165) is 27.5 Å². The molecule has 4 rings (SSSR count). The number of hydrogen-bond donors (Lipinski definition) is 1. The zero-order valence-corrected chi connectivity index (χ0v) is 19.9. The Morgan fingerprint density at radius 3 is 2.45 bits per heavy atom. The van der Waals surface area contributed by atoms with E-state index in [9.17, 15) is 4.79 Å². The number of ether oxygens (including phenoxy) is 2. The second-order valence-electron chi connectivity index (χ2n) is 8.21. The fourth-order valence-corrected chi connectivity index (χ4v) is 4.33. The van der Waals surface area contributed by atoms with Crippen LogP contribution in [0, 0.1) is 25.2 Å². The fraction of sp³-hybridized carbons (Fsp3) is 0.280. The van der Waals surface area contributed by atoms with Crippen LogP contribution >= 0.6 is 11.8 Å². The molecule has 2 aliphatic rings. The maximum atomic E-state index is 12.6. The maximum Gasteiger partial charge on any atom is 0.283 e. The fourth-order valence-electron chi connectivity index (χ4n) is 3.44. The lowest BCUT2D eigenvalue weighted by molar-refractivity contribution is -0.114. The summed E-state index contributed by atoms with van der Waals surface area (Å²) in [4.78, 5) is 16.7. The van der Waals surface area contributed by atoms with Crippen LogP contribution in [0.1, 0.15) is 30.5 Å². The number of aliphatic imine (C=N–C) groups is 1. The lowest BCUT2D eigenvalue weighted by Crippen LogP contribution is -2.35. The first-order valence-corrected chi connectivity index (χ1v) is 11.6. The Balaban J connectivity index is 1.41. The van der Waals surface area contributed by atoms with Crippen molar-refractivity contribution >= 4 is 39.8 Å². The first-order valence-electron chi connectivity index (χ1n) is 10.7. The number of nitrogens with zero attached hydrogens (tertiary/aromatic N) is 3. The van der Waals surface area contributed by atoms with Crippen LogP contribution in [-0.4, -0.2) is 40.2 Å². The number of carbonyl (C=O) groups excluding carboxylic acids is 1. The molecule has 2 aliphatic heterocycles. The van der Waals surface area contributed by atoms with E-state index in [1.807, 2.05) is 64.1 Å². The van der Waals surface area contributed by atoms with Crippen molar-refractivity contribution in [2.24, 2.45) is 16.0 Å². The van der Waals surface area contributed by atoms with Crippen molar-refractivity contribution in [1.82, 2.24) is 5.01 Å². The first kappa shape index (κ1) is 22.8. The number of nitrogens with one attached hydrogen (secondary N) is 1. The molecule has 170 valence electrons. The summed E-state index contributed by atoms with van der Waals surface area (Å²) >= 11 is 1.34. The lowest BCUT2D eigenvalue weighted by atomic mass is 10.1. The molecule has 7 nitrogen and oxygen atoms in total. The third-order valence-corrected chi connectivity index (χ3v) is 6.16. The Labute approximate surface area is 197 Å². The summed E-state index contributed by atoms with van der Waals surface area (Å²) in [6.45, 7) is 8.91. The van der Waals surface area contributed by atoms with E-state index < -0.39 is 5.91 Å². The molecule has 0 unspecified atom stereocenters. The third-order valence-electron chi connectivity index (χ3n) is 4.95. The van der Waals surface area contributed by atoms with Gasteiger partial charge in [-0.1, -0.05) is 32.0 Å². The van der Waals surface area contributed by atoms with Gasteiger partial charge in [0.1, 0.15) is 29.8 Å². The van der Waals surface area contributed by atoms with Crippen LogP contribution in [-0.2, 0) is 4.79 Å². The summed E-state index contributed by atoms with van der Waals surface area (Å²) in [5.74, 6) is 1.27. The van der Waals surface area contributed by atoms with Crippen LogP contribution in [0.3, 0.4) is 0 Å². The molecular formula is C25H26N4O3S. The summed E-state index contributed by atoms with van der Waals surface area (Å²) in [5, 5.41) is 15.6. The Morgan fingerprint density at radius 2 is 1.76 bits per heavy atom. The van der Waals surface area contributed by atoms with Gasteiger partial charge in [-0.25, -0.2) is 0 Å². The number of carbonyl (C=O) groups is 1. The number of hydrogen-bond acceptors (Lipinski definition) is 6. The van der Waals surface area contributed by atoms with E-state index in [0.29, 0.717) is 24.1 Å². The molecule has 33 heavy (non-hydrogen) atoms. The first-order chi connectivity index (χ1) is 15.8. The molecule has 0 radical (unpaired) electrons. The Bertz CT molecular complexity index is 1180. The van der Waals surface area contributed by atoms with Crippen molar-refractivity contribution in [2.75, 3.05) is 13.2 Å². The summed E-state index contributed by atoms with van der Waals surface area (Å²) in [7, 11) is 0. The van der Waals surface area contributed by atoms with E-state index in [2.05, 4.69) is 16.2 Å². The number of amides is 1. The van der Waals surface area contributed by atoms with E-state index in [4.69, 9.17) is 14.9 Å². The largest absolute Gasteiger partial charge is 0.490 e. The molecule has 0 aromatic heterocycles. The van der Waals surface area contributed by atoms with Crippen LogP contribution in [0.25, 0.3) is 6.08 Å². The zero-order chi connectivity index (χ0) is 23.5. The van der Waals surface area contributed by atoms with Crippen LogP contribution in [0.4, 0.5) is 0 Å². The lowest BCUT2D eigenvalue weighted by Gasteiger charge is -2.20. The predicted molar refractivity (Wildman–Crippen MR) is 133 cm³/mol. The quantitative estimate of drug-likeness (QED) is 0.460. The van der Waals surface area contributed by atoms with Crippen LogP contribution in [0.2, 0.25) is 0 Å². The number of aryl methyl sites for hydroxylation is 2. The molecule has 2 aromatic rings. The number of thioether (sulfide) groups is 1. The smallest absolute Gasteiger partial charge is 0.283 e. The van der Waals surface area contributed by atoms with Gasteiger partial charge in [-0.3, -0.25) is 10.2 Å². The van der Waals surface area contributed by atoms with Crippen molar-refractivity contribution < 1.29 is 14.3 Å². The summed E-state index contributed by atoms with van der Waals surface area (Å²) < 4.78 is 11.6. The van der Waals surface area contributed by atoms with Crippen LogP contribution < -0.4 is 9.47 Å². The van der Waals surface area contributed by atoms with Gasteiger partial charge < -0.3 is 9.47 Å². The van der Waals surface area contributed by atoms with Crippen molar-refractivity contribution in [3.8, 4) is 11.5 Å². The SMILES string of the molecule is Cc1cc(C)cc(OCCOc2cccc(/C=C3/C(=N)N4N=C(C(C)C)SC4=NC3=O)c2)c1. The van der Waals surface area contributed by atoms with Gasteiger partial charge in [0.25, 0.3) is 5.91 Å². The molecule has 2 heterocycles. The molecule has 1 amide bonds. The Morgan fingerprint density at radius 1 is 1.06 bits per heavy atom. The third kappa shape index (κ3) is 5.34. The minimum Gasteiger partial charge on any atom is -0.490 e. The van der Waals surface area contributed by atoms with E-state index in [1.165, 1.54) is 16.8 Å². The van der Waals surface area contributed by atoms with Gasteiger partial charge >= 0.3 is 0 Å². The van der Waals surface area contributed by atoms with Gasteiger partial charge in [0.2, 0.25) is 5.17 Å². The minimum absolute atomic E-state index is 0.0290. The molecule has 0 fully saturated rings. The minimum atomic E-state index is -0.438. The zero-order valence-electron chi connectivity index (χ0n) is 19.1. The van der Waals surface area contributed by atoms with E-state index >= 15 is 0 Å². The van der Waals surface area contributed by atoms with E-state index in [-0.39, 0.29) is 17.3 Å². The number of benzene rings is 2. The van der Waals surface area contributed by atoms with Crippen LogP contribution in [0.5, 0.6) is 11.5 Å². The number of rotatable bonds is 7. The normalized spacial score (nSPS) is 16.8. The van der Waals surface area contributed by atoms with Gasteiger partial charge in [-0.2, -0.15) is 15.1 Å². The predicted octanol–water partition coefficient (Wildman–Crippen LogP) is 5.04. The van der Waals surface area contributed by atoms with Gasteiger partial charge in [-0.15, -0.1) is 0 Å². The topological polar surface area (TPSA) is 87.3 Å². The summed E-state index contributed by atoms with van der Waals surface area (Å²) in [6.07, 6.45) is 1.65. The van der Waals surface area contributed by atoms with Crippen LogP contribution in [0.15, 0.2) is 58.1 Å². The number of amidine groups is 2. The molecule has 0 saturated heterocycles. The van der Waals surface area contributed by atoms with Crippen molar-refractivity contribution in [3.63, 3.8) is 0 Å². The molecule has 0 aliphatic carbocycles. The second kappa shape index (κ2) is 9.62. The molecular weight excluding hydrogens is 436 g/mol. The maximum absolute atomic E-state index is 12.6. The average Bonchev–Trinajstić information content (AvgIpc) is 3.18. The molecule has 2 aromatic carbocycles. The highest BCUT2D eigenvalue weighted by atomic mass is 32.2. The highest BCUT2D eigenvalue weighted by Crippen LogP contribution is 2.31. The molecule has 0 atom stereocenters. The molecule has 1 N–H and O–H groups in total. The summed E-state index contributed by atoms with van der Waals surface area (Å²) in [6, 6.07) is 13.5. The molecule has 8 heteroatoms. The number of fused-ring (bicyclic) bond motifs is 1. The van der Waals surface area contributed by atoms with Crippen molar-refractivity contribution in [3.05, 3.63) is 64.7 Å². The van der Waals surface area contributed by atoms with E-state index in [1.54, 1.807) is 6.08 Å². The molecule has 0 spiro atoms. The van der Waals surface area contributed by atoms with Gasteiger partial charge in [0.05, 0.1) is 5.57 Å². The van der Waals surface area contributed by atoms with Gasteiger partial charge in [-0.05, 0) is 72.6 Å². The highest BCUT2D eigenvalue weighted by molar-refractivity contribution is 8.27. The summed E-state index contributed by atoms with van der Waals surface area (Å²) in [5.41, 5.74) is 3.26. The Kier molecular flexibility index (Phi) is 6.65. The molecule has 0 bridgehead atoms. The number of hydrazone groups is 1. The Hall–Kier alpha value is -3.39. The monoisotopic (exact) mass is 462 g/mol.